The minimum absolute atomic E-state index is 0.212. The van der Waals surface area contributed by atoms with E-state index >= 15 is 0 Å². The van der Waals surface area contributed by atoms with Crippen molar-refractivity contribution in [3.8, 4) is 0 Å². The minimum Gasteiger partial charge on any atom is -0.330 e. The SMILES string of the molecule is CC(CCCN)CNC1(C)CCS(=O)(=O)C1. The Morgan fingerprint density at radius 1 is 1.50 bits per heavy atom. The van der Waals surface area contributed by atoms with Gasteiger partial charge in [0.1, 0.15) is 0 Å². The molecule has 0 radical (unpaired) electrons. The van der Waals surface area contributed by atoms with Gasteiger partial charge < -0.3 is 11.1 Å². The number of sulfone groups is 1. The van der Waals surface area contributed by atoms with Gasteiger partial charge in [0.05, 0.1) is 11.5 Å². The second-order valence-corrected chi connectivity index (χ2v) is 7.50. The molecule has 96 valence electrons. The number of hydrogen-bond donors (Lipinski definition) is 2. The number of nitrogens with two attached hydrogens (primary N) is 1. The van der Waals surface area contributed by atoms with Crippen molar-refractivity contribution in [3.05, 3.63) is 0 Å². The first-order valence-corrected chi connectivity index (χ1v) is 7.84. The van der Waals surface area contributed by atoms with E-state index in [4.69, 9.17) is 5.73 Å². The van der Waals surface area contributed by atoms with Crippen LogP contribution in [0.1, 0.15) is 33.1 Å². The molecule has 0 bridgehead atoms. The summed E-state index contributed by atoms with van der Waals surface area (Å²) < 4.78 is 22.8. The van der Waals surface area contributed by atoms with Crippen LogP contribution in [0.25, 0.3) is 0 Å². The summed E-state index contributed by atoms with van der Waals surface area (Å²) in [6, 6.07) is 0. The molecule has 0 aromatic carbocycles. The van der Waals surface area contributed by atoms with Crippen LogP contribution in [-0.2, 0) is 9.84 Å². The summed E-state index contributed by atoms with van der Waals surface area (Å²) in [5.41, 5.74) is 5.24. The lowest BCUT2D eigenvalue weighted by Gasteiger charge is -2.26. The Labute approximate surface area is 98.9 Å². The lowest BCUT2D eigenvalue weighted by Crippen LogP contribution is -2.45. The average Bonchev–Trinajstić information content (AvgIpc) is 2.48. The standard InChI is InChI=1S/C11H24N2O2S/c1-10(4-3-6-12)8-13-11(2)5-7-16(14,15)9-11/h10,13H,3-9,12H2,1-2H3. The topological polar surface area (TPSA) is 72.2 Å². The van der Waals surface area contributed by atoms with Crippen LogP contribution >= 0.6 is 0 Å². The molecule has 0 amide bonds. The van der Waals surface area contributed by atoms with Gasteiger partial charge in [-0.3, -0.25) is 0 Å². The molecule has 0 spiro atoms. The molecule has 1 aliphatic rings. The van der Waals surface area contributed by atoms with Crippen LogP contribution in [0.15, 0.2) is 0 Å². The normalized spacial score (nSPS) is 30.4. The maximum atomic E-state index is 11.4. The van der Waals surface area contributed by atoms with Crippen LogP contribution in [-0.4, -0.2) is 38.6 Å². The Morgan fingerprint density at radius 2 is 2.19 bits per heavy atom. The summed E-state index contributed by atoms with van der Waals surface area (Å²) in [6.45, 7) is 5.80. The molecule has 1 fully saturated rings. The molecule has 4 nitrogen and oxygen atoms in total. The van der Waals surface area contributed by atoms with Crippen molar-refractivity contribution in [1.82, 2.24) is 5.32 Å². The Kier molecular flexibility index (Phi) is 4.76. The lowest BCUT2D eigenvalue weighted by molar-refractivity contribution is 0.352. The van der Waals surface area contributed by atoms with E-state index in [2.05, 4.69) is 12.2 Å². The molecule has 5 heteroatoms. The number of nitrogens with one attached hydrogen (secondary N) is 1. The second-order valence-electron chi connectivity index (χ2n) is 5.32. The Morgan fingerprint density at radius 3 is 2.69 bits per heavy atom. The van der Waals surface area contributed by atoms with E-state index in [-0.39, 0.29) is 11.3 Å². The molecular formula is C11H24N2O2S. The fourth-order valence-electron chi connectivity index (χ4n) is 2.14. The van der Waals surface area contributed by atoms with Crippen LogP contribution in [0.5, 0.6) is 0 Å². The predicted octanol–water partition coefficient (Wildman–Crippen LogP) is 0.528. The van der Waals surface area contributed by atoms with Crippen LogP contribution in [0, 0.1) is 5.92 Å². The molecule has 16 heavy (non-hydrogen) atoms. The summed E-state index contributed by atoms with van der Waals surface area (Å²) >= 11 is 0. The molecule has 2 atom stereocenters. The van der Waals surface area contributed by atoms with Crippen molar-refractivity contribution in [2.75, 3.05) is 24.6 Å². The predicted molar refractivity (Wildman–Crippen MR) is 67.1 cm³/mol. The van der Waals surface area contributed by atoms with E-state index in [0.29, 0.717) is 11.7 Å². The van der Waals surface area contributed by atoms with E-state index in [1.54, 1.807) is 0 Å². The average molecular weight is 248 g/mol. The molecule has 1 rings (SSSR count). The largest absolute Gasteiger partial charge is 0.330 e. The molecule has 1 saturated heterocycles. The highest BCUT2D eigenvalue weighted by Crippen LogP contribution is 2.23. The van der Waals surface area contributed by atoms with Gasteiger partial charge in [-0.05, 0) is 45.2 Å². The van der Waals surface area contributed by atoms with E-state index in [0.717, 1.165) is 32.4 Å². The maximum absolute atomic E-state index is 11.4. The molecule has 1 aliphatic heterocycles. The molecular weight excluding hydrogens is 224 g/mol. The van der Waals surface area contributed by atoms with E-state index < -0.39 is 9.84 Å². The fraction of sp³-hybridized carbons (Fsp3) is 1.00. The van der Waals surface area contributed by atoms with Crippen molar-refractivity contribution in [1.29, 1.82) is 0 Å². The summed E-state index contributed by atoms with van der Waals surface area (Å²) in [4.78, 5) is 0. The van der Waals surface area contributed by atoms with Crippen LogP contribution in [0.3, 0.4) is 0 Å². The summed E-state index contributed by atoms with van der Waals surface area (Å²) in [5, 5.41) is 3.40. The van der Waals surface area contributed by atoms with Gasteiger partial charge in [-0.2, -0.15) is 0 Å². The first kappa shape index (κ1) is 13.9. The van der Waals surface area contributed by atoms with E-state index in [1.165, 1.54) is 0 Å². The smallest absolute Gasteiger partial charge is 0.152 e. The molecule has 0 aliphatic carbocycles. The Bertz CT molecular complexity index is 316. The van der Waals surface area contributed by atoms with Gasteiger partial charge in [-0.25, -0.2) is 8.42 Å². The summed E-state index contributed by atoms with van der Waals surface area (Å²) in [6.07, 6.45) is 2.88. The molecule has 3 N–H and O–H groups in total. The second kappa shape index (κ2) is 5.47. The van der Waals surface area contributed by atoms with Gasteiger partial charge in [0.2, 0.25) is 0 Å². The Balaban J connectivity index is 2.32. The molecule has 0 aromatic rings. The number of rotatable bonds is 6. The van der Waals surface area contributed by atoms with E-state index in [1.807, 2.05) is 6.92 Å². The first-order chi connectivity index (χ1) is 7.37. The van der Waals surface area contributed by atoms with Gasteiger partial charge in [0.25, 0.3) is 0 Å². The highest BCUT2D eigenvalue weighted by Gasteiger charge is 2.37. The Hall–Kier alpha value is -0.130. The third kappa shape index (κ3) is 4.39. The highest BCUT2D eigenvalue weighted by atomic mass is 32.2. The zero-order valence-corrected chi connectivity index (χ0v) is 11.1. The summed E-state index contributed by atoms with van der Waals surface area (Å²) in [7, 11) is -2.80. The monoisotopic (exact) mass is 248 g/mol. The van der Waals surface area contributed by atoms with Crippen molar-refractivity contribution in [3.63, 3.8) is 0 Å². The quantitative estimate of drug-likeness (QED) is 0.719. The van der Waals surface area contributed by atoms with Gasteiger partial charge in [0, 0.05) is 5.54 Å². The van der Waals surface area contributed by atoms with Crippen LogP contribution in [0.4, 0.5) is 0 Å². The zero-order valence-electron chi connectivity index (χ0n) is 10.3. The van der Waals surface area contributed by atoms with Crippen molar-refractivity contribution in [2.45, 2.75) is 38.6 Å². The van der Waals surface area contributed by atoms with Crippen LogP contribution in [0.2, 0.25) is 0 Å². The first-order valence-electron chi connectivity index (χ1n) is 6.02. The third-order valence-electron chi connectivity index (χ3n) is 3.28. The van der Waals surface area contributed by atoms with Crippen LogP contribution < -0.4 is 11.1 Å². The van der Waals surface area contributed by atoms with Gasteiger partial charge in [-0.15, -0.1) is 0 Å². The van der Waals surface area contributed by atoms with Crippen molar-refractivity contribution < 1.29 is 8.42 Å². The maximum Gasteiger partial charge on any atom is 0.152 e. The zero-order chi connectivity index (χ0) is 12.2. The van der Waals surface area contributed by atoms with Crippen molar-refractivity contribution in [2.24, 2.45) is 11.7 Å². The minimum atomic E-state index is -2.80. The number of hydrogen-bond acceptors (Lipinski definition) is 4. The third-order valence-corrected chi connectivity index (χ3v) is 5.18. The van der Waals surface area contributed by atoms with E-state index in [9.17, 15) is 8.42 Å². The molecule has 0 aromatic heterocycles. The molecule has 2 unspecified atom stereocenters. The van der Waals surface area contributed by atoms with Gasteiger partial charge in [-0.1, -0.05) is 6.92 Å². The van der Waals surface area contributed by atoms with Gasteiger partial charge in [0.15, 0.2) is 9.84 Å². The lowest BCUT2D eigenvalue weighted by atomic mass is 9.99. The highest BCUT2D eigenvalue weighted by molar-refractivity contribution is 7.91. The molecule has 1 heterocycles. The molecule has 0 saturated carbocycles. The van der Waals surface area contributed by atoms with Crippen molar-refractivity contribution >= 4 is 9.84 Å². The summed E-state index contributed by atoms with van der Waals surface area (Å²) in [5.74, 6) is 1.17. The fourth-order valence-corrected chi connectivity index (χ4v) is 4.26. The van der Waals surface area contributed by atoms with Gasteiger partial charge >= 0.3 is 0 Å².